The van der Waals surface area contributed by atoms with E-state index in [2.05, 4.69) is 5.32 Å². The second-order valence-electron chi connectivity index (χ2n) is 4.09. The molecule has 112 valence electrons. The molecule has 0 bridgehead atoms. The molecule has 0 amide bonds. The number of rotatable bonds is 7. The predicted octanol–water partition coefficient (Wildman–Crippen LogP) is 3.01. The van der Waals surface area contributed by atoms with Gasteiger partial charge in [-0.2, -0.15) is 0 Å². The fraction of sp³-hybridized carbons (Fsp3) is 0.417. The monoisotopic (exact) mass is 322 g/mol. The van der Waals surface area contributed by atoms with Crippen LogP contribution >= 0.6 is 24.0 Å². The fourth-order valence-electron chi connectivity index (χ4n) is 1.71. The van der Waals surface area contributed by atoms with Crippen LogP contribution < -0.4 is 5.32 Å². The highest BCUT2D eigenvalue weighted by molar-refractivity contribution is 6.30. The molecular formula is C12H16Cl2N2O4. The smallest absolute Gasteiger partial charge is 0.320 e. The largest absolute Gasteiger partial charge is 0.480 e. The van der Waals surface area contributed by atoms with E-state index in [4.69, 9.17) is 16.7 Å². The summed E-state index contributed by atoms with van der Waals surface area (Å²) in [5.41, 5.74) is 0.303. The molecule has 0 saturated heterocycles. The van der Waals surface area contributed by atoms with Crippen LogP contribution in [-0.4, -0.2) is 22.0 Å². The molecule has 2 N–H and O–H groups in total. The Morgan fingerprint density at radius 2 is 2.20 bits per heavy atom. The van der Waals surface area contributed by atoms with Gasteiger partial charge in [0.15, 0.2) is 0 Å². The van der Waals surface area contributed by atoms with Gasteiger partial charge in [-0.3, -0.25) is 14.9 Å². The molecule has 20 heavy (non-hydrogen) atoms. The summed E-state index contributed by atoms with van der Waals surface area (Å²) in [7, 11) is 0. The van der Waals surface area contributed by atoms with Gasteiger partial charge in [0.2, 0.25) is 0 Å². The zero-order valence-electron chi connectivity index (χ0n) is 10.8. The highest BCUT2D eigenvalue weighted by Gasteiger charge is 2.19. The van der Waals surface area contributed by atoms with Crippen molar-refractivity contribution in [3.05, 3.63) is 38.9 Å². The number of carbonyl (C=O) groups is 1. The Bertz CT molecular complexity index is 483. The lowest BCUT2D eigenvalue weighted by molar-refractivity contribution is -0.385. The average Bonchev–Trinajstić information content (AvgIpc) is 2.33. The van der Waals surface area contributed by atoms with Crippen LogP contribution in [0, 0.1) is 10.1 Å². The van der Waals surface area contributed by atoms with Crippen molar-refractivity contribution in [2.75, 3.05) is 0 Å². The van der Waals surface area contributed by atoms with Gasteiger partial charge in [0.25, 0.3) is 5.69 Å². The van der Waals surface area contributed by atoms with Crippen molar-refractivity contribution >= 4 is 35.7 Å². The SMILES string of the molecule is CCCC(NCc1cc(Cl)ccc1[N+](=O)[O-])C(=O)O.Cl. The van der Waals surface area contributed by atoms with Crippen LogP contribution in [0.25, 0.3) is 0 Å². The minimum absolute atomic E-state index is 0. The number of nitrogens with one attached hydrogen (secondary N) is 1. The Hall–Kier alpha value is -1.37. The number of nitro groups is 1. The van der Waals surface area contributed by atoms with Crippen LogP contribution in [0.1, 0.15) is 25.3 Å². The second kappa shape index (κ2) is 8.73. The Balaban J connectivity index is 0.00000361. The van der Waals surface area contributed by atoms with E-state index in [0.717, 1.165) is 0 Å². The first-order valence-corrected chi connectivity index (χ1v) is 6.22. The molecule has 0 saturated carbocycles. The van der Waals surface area contributed by atoms with Crippen LogP contribution in [0.5, 0.6) is 0 Å². The Morgan fingerprint density at radius 3 is 2.70 bits per heavy atom. The molecule has 1 aromatic rings. The van der Waals surface area contributed by atoms with Crippen LogP contribution in [0.15, 0.2) is 18.2 Å². The van der Waals surface area contributed by atoms with E-state index < -0.39 is 16.9 Å². The third-order valence-electron chi connectivity index (χ3n) is 2.65. The second-order valence-corrected chi connectivity index (χ2v) is 4.53. The van der Waals surface area contributed by atoms with Crippen LogP contribution in [0.4, 0.5) is 5.69 Å². The zero-order chi connectivity index (χ0) is 14.4. The summed E-state index contributed by atoms with van der Waals surface area (Å²) >= 11 is 5.79. The summed E-state index contributed by atoms with van der Waals surface area (Å²) < 4.78 is 0. The highest BCUT2D eigenvalue weighted by atomic mass is 35.5. The van der Waals surface area contributed by atoms with E-state index in [1.165, 1.54) is 18.2 Å². The Morgan fingerprint density at radius 1 is 1.55 bits per heavy atom. The minimum atomic E-state index is -0.966. The first kappa shape index (κ1) is 18.6. The van der Waals surface area contributed by atoms with Crippen molar-refractivity contribution in [1.82, 2.24) is 5.32 Å². The van der Waals surface area contributed by atoms with Crippen molar-refractivity contribution in [1.29, 1.82) is 0 Å². The molecule has 1 unspecified atom stereocenters. The molecule has 0 radical (unpaired) electrons. The van der Waals surface area contributed by atoms with Gasteiger partial charge in [-0.25, -0.2) is 0 Å². The van der Waals surface area contributed by atoms with E-state index in [-0.39, 0.29) is 24.6 Å². The third kappa shape index (κ3) is 5.32. The quantitative estimate of drug-likeness (QED) is 0.594. The van der Waals surface area contributed by atoms with Crippen molar-refractivity contribution in [3.8, 4) is 0 Å². The lowest BCUT2D eigenvalue weighted by Gasteiger charge is -2.13. The first-order chi connectivity index (χ1) is 8.95. The van der Waals surface area contributed by atoms with E-state index in [1.54, 1.807) is 0 Å². The normalized spacial score (nSPS) is 11.5. The van der Waals surface area contributed by atoms with Crippen molar-refractivity contribution in [2.24, 2.45) is 0 Å². The minimum Gasteiger partial charge on any atom is -0.480 e. The van der Waals surface area contributed by atoms with Gasteiger partial charge >= 0.3 is 5.97 Å². The predicted molar refractivity (Wildman–Crippen MR) is 78.5 cm³/mol. The van der Waals surface area contributed by atoms with Crippen molar-refractivity contribution in [3.63, 3.8) is 0 Å². The first-order valence-electron chi connectivity index (χ1n) is 5.84. The van der Waals surface area contributed by atoms with E-state index in [0.29, 0.717) is 23.4 Å². The summed E-state index contributed by atoms with van der Waals surface area (Å²) in [6.07, 6.45) is 1.17. The molecule has 1 atom stereocenters. The number of halogens is 2. The standard InChI is InChI=1S/C12H15ClN2O4.ClH/c1-2-3-10(12(16)17)14-7-8-6-9(13)4-5-11(8)15(18)19;/h4-6,10,14H,2-3,7H2,1H3,(H,16,17);1H. The zero-order valence-corrected chi connectivity index (χ0v) is 12.4. The van der Waals surface area contributed by atoms with E-state index >= 15 is 0 Å². The molecule has 0 aliphatic rings. The van der Waals surface area contributed by atoms with Gasteiger partial charge < -0.3 is 10.4 Å². The number of nitro benzene ring substituents is 1. The maximum Gasteiger partial charge on any atom is 0.320 e. The lowest BCUT2D eigenvalue weighted by Crippen LogP contribution is -2.36. The summed E-state index contributed by atoms with van der Waals surface area (Å²) in [6.45, 7) is 1.97. The van der Waals surface area contributed by atoms with Crippen LogP contribution in [-0.2, 0) is 11.3 Å². The fourth-order valence-corrected chi connectivity index (χ4v) is 1.90. The summed E-state index contributed by atoms with van der Waals surface area (Å²) in [5.74, 6) is -0.966. The van der Waals surface area contributed by atoms with Gasteiger partial charge in [-0.1, -0.05) is 24.9 Å². The van der Waals surface area contributed by atoms with Gasteiger partial charge in [0, 0.05) is 23.2 Å². The number of hydrogen-bond acceptors (Lipinski definition) is 4. The molecule has 0 heterocycles. The average molecular weight is 323 g/mol. The summed E-state index contributed by atoms with van der Waals surface area (Å²) in [5, 5.41) is 23.0. The lowest BCUT2D eigenvalue weighted by atomic mass is 10.1. The number of hydrogen-bond donors (Lipinski definition) is 2. The summed E-state index contributed by atoms with van der Waals surface area (Å²) in [6, 6.07) is 3.50. The molecule has 1 rings (SSSR count). The van der Waals surface area contributed by atoms with Gasteiger partial charge in [-0.05, 0) is 18.6 Å². The van der Waals surface area contributed by atoms with Crippen molar-refractivity contribution < 1.29 is 14.8 Å². The number of nitrogens with zero attached hydrogens (tertiary/aromatic N) is 1. The van der Waals surface area contributed by atoms with Gasteiger partial charge in [-0.15, -0.1) is 12.4 Å². The molecular weight excluding hydrogens is 307 g/mol. The molecule has 6 nitrogen and oxygen atoms in total. The van der Waals surface area contributed by atoms with Crippen LogP contribution in [0.3, 0.4) is 0 Å². The number of benzene rings is 1. The Kier molecular flexibility index (Phi) is 8.13. The topological polar surface area (TPSA) is 92.5 Å². The third-order valence-corrected chi connectivity index (χ3v) is 2.89. The number of carboxylic acids is 1. The van der Waals surface area contributed by atoms with E-state index in [1.807, 2.05) is 6.92 Å². The molecule has 8 heteroatoms. The molecule has 0 fully saturated rings. The highest BCUT2D eigenvalue weighted by Crippen LogP contribution is 2.22. The molecule has 0 aliphatic carbocycles. The Labute approximate surface area is 127 Å². The molecule has 0 spiro atoms. The molecule has 0 aliphatic heterocycles. The van der Waals surface area contributed by atoms with Crippen LogP contribution in [0.2, 0.25) is 5.02 Å². The van der Waals surface area contributed by atoms with E-state index in [9.17, 15) is 14.9 Å². The molecule has 1 aromatic carbocycles. The maximum atomic E-state index is 11.0. The number of aliphatic carboxylic acids is 1. The van der Waals surface area contributed by atoms with Gasteiger partial charge in [0.05, 0.1) is 4.92 Å². The summed E-state index contributed by atoms with van der Waals surface area (Å²) in [4.78, 5) is 21.3. The maximum absolute atomic E-state index is 11.0. The van der Waals surface area contributed by atoms with Gasteiger partial charge in [0.1, 0.15) is 6.04 Å². The molecule has 0 aromatic heterocycles. The van der Waals surface area contributed by atoms with Crippen molar-refractivity contribution in [2.45, 2.75) is 32.4 Å². The number of carboxylic acid groups (broad SMARTS) is 1.